The Morgan fingerprint density at radius 2 is 1.81 bits per heavy atom. The maximum atomic E-state index is 13.8. The van der Waals surface area contributed by atoms with Crippen molar-refractivity contribution in [2.75, 3.05) is 17.6 Å². The van der Waals surface area contributed by atoms with Crippen molar-refractivity contribution < 1.29 is 9.59 Å². The van der Waals surface area contributed by atoms with Crippen LogP contribution in [0.2, 0.25) is 0 Å². The molecule has 4 heterocycles. The highest BCUT2D eigenvalue weighted by atomic mass is 16.2. The molecule has 2 aromatic carbocycles. The van der Waals surface area contributed by atoms with Gasteiger partial charge in [0.15, 0.2) is 0 Å². The van der Waals surface area contributed by atoms with Crippen LogP contribution in [0.1, 0.15) is 28.5 Å². The molecular formula is C32H27N7O3. The zero-order chi connectivity index (χ0) is 29.4. The van der Waals surface area contributed by atoms with Gasteiger partial charge in [0.05, 0.1) is 11.9 Å². The first kappa shape index (κ1) is 26.5. The molecule has 0 radical (unpaired) electrons. The maximum absolute atomic E-state index is 13.8. The van der Waals surface area contributed by atoms with Crippen LogP contribution in [0.5, 0.6) is 0 Å². The van der Waals surface area contributed by atoms with Gasteiger partial charge in [0.1, 0.15) is 23.4 Å². The maximum Gasteiger partial charge on any atom is 0.298 e. The molecule has 0 saturated heterocycles. The van der Waals surface area contributed by atoms with Gasteiger partial charge in [0.2, 0.25) is 0 Å². The minimum atomic E-state index is -0.515. The Kier molecular flexibility index (Phi) is 6.76. The first-order valence-corrected chi connectivity index (χ1v) is 13.4. The summed E-state index contributed by atoms with van der Waals surface area (Å²) in [4.78, 5) is 49.9. The Balaban J connectivity index is 1.33. The van der Waals surface area contributed by atoms with E-state index in [-0.39, 0.29) is 18.0 Å². The van der Waals surface area contributed by atoms with Crippen molar-refractivity contribution in [2.45, 2.75) is 19.9 Å². The zero-order valence-electron chi connectivity index (χ0n) is 23.1. The van der Waals surface area contributed by atoms with Gasteiger partial charge in [-0.15, -0.1) is 0 Å². The molecule has 0 aliphatic carbocycles. The molecule has 42 heavy (non-hydrogen) atoms. The van der Waals surface area contributed by atoms with E-state index in [1.54, 1.807) is 42.2 Å². The molecule has 3 aromatic heterocycles. The second-order valence-corrected chi connectivity index (χ2v) is 10.0. The molecule has 0 atom stereocenters. The number of nitrogens with zero attached hydrogens (tertiary/aromatic N) is 5. The Bertz CT molecular complexity index is 1980. The summed E-state index contributed by atoms with van der Waals surface area (Å²) in [6.07, 6.45) is 3.86. The summed E-state index contributed by atoms with van der Waals surface area (Å²) in [5, 5.41) is 3.63. The predicted molar refractivity (Wildman–Crippen MR) is 161 cm³/mol. The van der Waals surface area contributed by atoms with Gasteiger partial charge in [-0.25, -0.2) is 9.97 Å². The Labute approximate surface area is 241 Å². The van der Waals surface area contributed by atoms with Gasteiger partial charge in [0, 0.05) is 42.4 Å². The zero-order valence-corrected chi connectivity index (χ0v) is 23.1. The average molecular weight is 558 g/mol. The molecule has 5 aromatic rings. The van der Waals surface area contributed by atoms with E-state index in [0.717, 1.165) is 27.7 Å². The number of carbonyl (C=O) groups excluding carboxylic acids is 2. The third-order valence-electron chi connectivity index (χ3n) is 7.40. The molecule has 1 aliphatic rings. The topological polar surface area (TPSA) is 128 Å². The van der Waals surface area contributed by atoms with Crippen molar-refractivity contribution >= 4 is 34.4 Å². The van der Waals surface area contributed by atoms with Crippen LogP contribution in [-0.2, 0) is 24.8 Å². The smallest absolute Gasteiger partial charge is 0.298 e. The lowest BCUT2D eigenvalue weighted by molar-refractivity contribution is -0.126. The Morgan fingerprint density at radius 1 is 1.05 bits per heavy atom. The molecule has 0 fully saturated rings. The van der Waals surface area contributed by atoms with Crippen LogP contribution in [0.3, 0.4) is 0 Å². The molecule has 10 heteroatoms. The third-order valence-corrected chi connectivity index (χ3v) is 7.40. The molecule has 0 saturated carbocycles. The number of rotatable bonds is 4. The second kappa shape index (κ2) is 10.7. The van der Waals surface area contributed by atoms with Crippen molar-refractivity contribution in [3.05, 3.63) is 100 Å². The molecule has 10 nitrogen and oxygen atoms in total. The van der Waals surface area contributed by atoms with E-state index in [1.165, 1.54) is 10.9 Å². The van der Waals surface area contributed by atoms with Crippen LogP contribution < -0.4 is 16.6 Å². The SMILES string of the molecule is CC#CC(=O)N1CCc2cc(C(=O)Nc3ccc(-c4cn(C)c5ncnc(N)c45)cc3)c(=O)n(-c3ccccc3)c2C1. The van der Waals surface area contributed by atoms with E-state index in [1.807, 2.05) is 48.1 Å². The van der Waals surface area contributed by atoms with Gasteiger partial charge < -0.3 is 20.5 Å². The Morgan fingerprint density at radius 3 is 2.55 bits per heavy atom. The minimum absolute atomic E-state index is 0.0220. The molecule has 3 N–H and O–H groups in total. The van der Waals surface area contributed by atoms with Crippen LogP contribution in [-0.4, -0.2) is 42.4 Å². The number of carbonyl (C=O) groups is 2. The number of nitrogen functional groups attached to an aromatic ring is 1. The highest BCUT2D eigenvalue weighted by molar-refractivity contribution is 6.05. The highest BCUT2D eigenvalue weighted by Crippen LogP contribution is 2.32. The van der Waals surface area contributed by atoms with Gasteiger partial charge in [-0.2, -0.15) is 0 Å². The van der Waals surface area contributed by atoms with Crippen molar-refractivity contribution in [3.8, 4) is 28.7 Å². The standard InChI is InChI=1S/C32H27N7O3/c1-3-7-27(40)38-15-14-21-16-24(32(42)39(26(21)18-38)23-8-5-4-6-9-23)31(41)36-22-12-10-20(11-13-22)25-17-37(2)30-28(25)29(33)34-19-35-30/h4-6,8-13,16-17,19H,14-15,18H2,1-2H3,(H,36,41)(H2,33,34,35). The van der Waals surface area contributed by atoms with E-state index in [4.69, 9.17) is 5.73 Å². The molecule has 0 spiro atoms. The van der Waals surface area contributed by atoms with E-state index in [9.17, 15) is 14.4 Å². The predicted octanol–water partition coefficient (Wildman–Crippen LogP) is 3.53. The summed E-state index contributed by atoms with van der Waals surface area (Å²) in [5.74, 6) is 4.80. The number of pyridine rings is 1. The summed E-state index contributed by atoms with van der Waals surface area (Å²) in [6.45, 7) is 2.28. The van der Waals surface area contributed by atoms with Crippen LogP contribution in [0.15, 0.2) is 78.0 Å². The fourth-order valence-electron chi connectivity index (χ4n) is 5.37. The molecule has 6 rings (SSSR count). The van der Waals surface area contributed by atoms with Crippen molar-refractivity contribution in [3.63, 3.8) is 0 Å². The van der Waals surface area contributed by atoms with E-state index in [0.29, 0.717) is 35.9 Å². The first-order chi connectivity index (χ1) is 20.4. The summed E-state index contributed by atoms with van der Waals surface area (Å²) in [5.41, 5.74) is 10.8. The van der Waals surface area contributed by atoms with Crippen LogP contribution >= 0.6 is 0 Å². The van der Waals surface area contributed by atoms with Crippen molar-refractivity contribution in [2.24, 2.45) is 7.05 Å². The van der Waals surface area contributed by atoms with Crippen LogP contribution in [0, 0.1) is 11.8 Å². The number of amides is 2. The highest BCUT2D eigenvalue weighted by Gasteiger charge is 2.27. The quantitative estimate of drug-likeness (QED) is 0.326. The number of benzene rings is 2. The number of nitrogens with one attached hydrogen (secondary N) is 1. The largest absolute Gasteiger partial charge is 0.383 e. The monoisotopic (exact) mass is 557 g/mol. The summed E-state index contributed by atoms with van der Waals surface area (Å²) < 4.78 is 3.41. The van der Waals surface area contributed by atoms with Gasteiger partial charge in [-0.3, -0.25) is 19.0 Å². The molecular weight excluding hydrogens is 530 g/mol. The lowest BCUT2D eigenvalue weighted by Gasteiger charge is -2.30. The normalized spacial score (nSPS) is 12.4. The number of hydrogen-bond acceptors (Lipinski definition) is 6. The summed E-state index contributed by atoms with van der Waals surface area (Å²) in [7, 11) is 1.89. The molecule has 1 aliphatic heterocycles. The van der Waals surface area contributed by atoms with Gasteiger partial charge >= 0.3 is 0 Å². The second-order valence-electron chi connectivity index (χ2n) is 10.0. The summed E-state index contributed by atoms with van der Waals surface area (Å²) in [6, 6.07) is 18.1. The average Bonchev–Trinajstić information content (AvgIpc) is 3.35. The Hall–Kier alpha value is -5.69. The third kappa shape index (κ3) is 4.67. The van der Waals surface area contributed by atoms with Gasteiger partial charge in [-0.1, -0.05) is 36.3 Å². The van der Waals surface area contributed by atoms with Crippen molar-refractivity contribution in [1.29, 1.82) is 0 Å². The number of para-hydroxylation sites is 1. The summed E-state index contributed by atoms with van der Waals surface area (Å²) >= 11 is 0. The molecule has 0 unspecified atom stereocenters. The number of anilines is 2. The lowest BCUT2D eigenvalue weighted by Crippen LogP contribution is -2.40. The van der Waals surface area contributed by atoms with Gasteiger partial charge in [0.25, 0.3) is 17.4 Å². The number of aryl methyl sites for hydroxylation is 1. The van der Waals surface area contributed by atoms with Crippen LogP contribution in [0.25, 0.3) is 27.8 Å². The van der Waals surface area contributed by atoms with Gasteiger partial charge in [-0.05, 0) is 60.7 Å². The molecule has 0 bridgehead atoms. The lowest BCUT2D eigenvalue weighted by atomic mass is 10.0. The fraction of sp³-hybridized carbons (Fsp3) is 0.156. The number of aromatic nitrogens is 4. The number of nitrogens with two attached hydrogens (primary N) is 1. The molecule has 208 valence electrons. The minimum Gasteiger partial charge on any atom is -0.383 e. The van der Waals surface area contributed by atoms with E-state index < -0.39 is 11.5 Å². The molecule has 2 amide bonds. The van der Waals surface area contributed by atoms with Crippen molar-refractivity contribution in [1.82, 2.24) is 24.0 Å². The van der Waals surface area contributed by atoms with Crippen LogP contribution in [0.4, 0.5) is 11.5 Å². The van der Waals surface area contributed by atoms with E-state index >= 15 is 0 Å². The fourth-order valence-corrected chi connectivity index (χ4v) is 5.37. The number of fused-ring (bicyclic) bond motifs is 2. The van der Waals surface area contributed by atoms with E-state index in [2.05, 4.69) is 27.1 Å². The first-order valence-electron chi connectivity index (χ1n) is 13.4. The number of hydrogen-bond donors (Lipinski definition) is 2.